The van der Waals surface area contributed by atoms with E-state index >= 15 is 0 Å². The van der Waals surface area contributed by atoms with Crippen molar-refractivity contribution < 1.29 is 4.79 Å². The lowest BCUT2D eigenvalue weighted by molar-refractivity contribution is 0.0772. The molecular weight excluding hydrogens is 246 g/mol. The zero-order valence-corrected chi connectivity index (χ0v) is 10.7. The summed E-state index contributed by atoms with van der Waals surface area (Å²) in [5, 5.41) is 0. The molecule has 3 rings (SSSR count). The average molecular weight is 259 g/mol. The second-order valence-electron chi connectivity index (χ2n) is 4.16. The maximum atomic E-state index is 12.3. The second kappa shape index (κ2) is 4.94. The van der Waals surface area contributed by atoms with E-state index in [1.54, 1.807) is 12.4 Å². The zero-order valence-electron chi connectivity index (χ0n) is 9.87. The normalized spacial score (nSPS) is 15.9. The van der Waals surface area contributed by atoms with Gasteiger partial charge < -0.3 is 4.90 Å². The summed E-state index contributed by atoms with van der Waals surface area (Å²) in [4.78, 5) is 22.7. The molecule has 4 nitrogen and oxygen atoms in total. The van der Waals surface area contributed by atoms with Gasteiger partial charge >= 0.3 is 0 Å². The van der Waals surface area contributed by atoms with Crippen LogP contribution in [0, 0.1) is 0 Å². The highest BCUT2D eigenvalue weighted by Crippen LogP contribution is 2.16. The van der Waals surface area contributed by atoms with E-state index in [0.29, 0.717) is 5.56 Å². The Morgan fingerprint density at radius 3 is 2.61 bits per heavy atom. The average Bonchev–Trinajstić information content (AvgIpc) is 2.47. The van der Waals surface area contributed by atoms with Crippen molar-refractivity contribution in [2.45, 2.75) is 0 Å². The highest BCUT2D eigenvalue weighted by atomic mass is 32.2. The molecule has 0 N–H and O–H groups in total. The third kappa shape index (κ3) is 2.18. The summed E-state index contributed by atoms with van der Waals surface area (Å²) in [5.41, 5.74) is 2.30. The number of benzene rings is 1. The van der Waals surface area contributed by atoms with Gasteiger partial charge in [-0.05, 0) is 18.2 Å². The number of rotatable bonds is 1. The molecule has 1 aromatic carbocycles. The molecule has 0 bridgehead atoms. The lowest BCUT2D eigenvalue weighted by atomic mass is 10.1. The van der Waals surface area contributed by atoms with Crippen LogP contribution < -0.4 is 0 Å². The van der Waals surface area contributed by atoms with Crippen molar-refractivity contribution in [3.8, 4) is 0 Å². The predicted octanol–water partition coefficient (Wildman–Crippen LogP) is 1.82. The molecule has 92 valence electrons. The van der Waals surface area contributed by atoms with Gasteiger partial charge in [0.25, 0.3) is 5.91 Å². The molecule has 1 aliphatic rings. The van der Waals surface area contributed by atoms with Gasteiger partial charge in [0.2, 0.25) is 0 Å². The summed E-state index contributed by atoms with van der Waals surface area (Å²) in [6.45, 7) is 1.67. The van der Waals surface area contributed by atoms with Gasteiger partial charge in [-0.1, -0.05) is 0 Å². The molecule has 0 radical (unpaired) electrons. The number of amides is 1. The Hall–Kier alpha value is -1.62. The zero-order chi connectivity index (χ0) is 12.4. The molecule has 0 atom stereocenters. The fourth-order valence-electron chi connectivity index (χ4n) is 2.05. The Labute approximate surface area is 109 Å². The van der Waals surface area contributed by atoms with Crippen molar-refractivity contribution in [1.82, 2.24) is 14.9 Å². The molecule has 0 aliphatic carbocycles. The minimum Gasteiger partial charge on any atom is -0.337 e. The monoisotopic (exact) mass is 259 g/mol. The highest BCUT2D eigenvalue weighted by molar-refractivity contribution is 7.99. The molecule has 0 saturated carbocycles. The van der Waals surface area contributed by atoms with Gasteiger partial charge in [-0.25, -0.2) is 0 Å². The number of nitrogens with zero attached hydrogens (tertiary/aromatic N) is 3. The number of carbonyl (C=O) groups is 1. The maximum absolute atomic E-state index is 12.3. The fraction of sp³-hybridized carbons (Fsp3) is 0.308. The smallest absolute Gasteiger partial charge is 0.253 e. The standard InChI is InChI=1S/C13H13N3OS/c17-13(16-5-7-18-8-6-16)10-1-2-11-12(9-10)15-4-3-14-11/h1-4,9H,5-8H2. The first-order chi connectivity index (χ1) is 8.84. The molecule has 18 heavy (non-hydrogen) atoms. The summed E-state index contributed by atoms with van der Waals surface area (Å²) in [6, 6.07) is 5.52. The SMILES string of the molecule is O=C(c1ccc2nccnc2c1)N1CCSCC1. The van der Waals surface area contributed by atoms with Crippen LogP contribution in [0.4, 0.5) is 0 Å². The summed E-state index contributed by atoms with van der Waals surface area (Å²) in [6.07, 6.45) is 3.31. The van der Waals surface area contributed by atoms with Crippen LogP contribution in [0.2, 0.25) is 0 Å². The summed E-state index contributed by atoms with van der Waals surface area (Å²) in [5.74, 6) is 2.15. The van der Waals surface area contributed by atoms with Crippen LogP contribution in [0.15, 0.2) is 30.6 Å². The first kappa shape index (κ1) is 11.5. The summed E-state index contributed by atoms with van der Waals surface area (Å²) >= 11 is 1.90. The lowest BCUT2D eigenvalue weighted by Gasteiger charge is -2.26. The van der Waals surface area contributed by atoms with Crippen LogP contribution in [0.25, 0.3) is 11.0 Å². The van der Waals surface area contributed by atoms with E-state index in [0.717, 1.165) is 35.6 Å². The van der Waals surface area contributed by atoms with Crippen LogP contribution >= 0.6 is 11.8 Å². The van der Waals surface area contributed by atoms with Gasteiger partial charge in [-0.3, -0.25) is 14.8 Å². The van der Waals surface area contributed by atoms with Crippen LogP contribution in [-0.4, -0.2) is 45.4 Å². The summed E-state index contributed by atoms with van der Waals surface area (Å²) < 4.78 is 0. The minimum absolute atomic E-state index is 0.0999. The second-order valence-corrected chi connectivity index (χ2v) is 5.39. The van der Waals surface area contributed by atoms with Gasteiger partial charge in [-0.2, -0.15) is 11.8 Å². The van der Waals surface area contributed by atoms with Crippen LogP contribution in [0.3, 0.4) is 0 Å². The van der Waals surface area contributed by atoms with E-state index in [2.05, 4.69) is 9.97 Å². The molecule has 0 unspecified atom stereocenters. The number of hydrogen-bond donors (Lipinski definition) is 0. The van der Waals surface area contributed by atoms with Crippen molar-refractivity contribution >= 4 is 28.7 Å². The van der Waals surface area contributed by atoms with E-state index in [1.807, 2.05) is 34.9 Å². The molecule has 1 fully saturated rings. The van der Waals surface area contributed by atoms with Crippen LogP contribution in [0.5, 0.6) is 0 Å². The Morgan fingerprint density at radius 1 is 1.11 bits per heavy atom. The molecule has 1 aliphatic heterocycles. The molecule has 1 aromatic heterocycles. The molecule has 2 aromatic rings. The third-order valence-electron chi connectivity index (χ3n) is 3.01. The Morgan fingerprint density at radius 2 is 1.83 bits per heavy atom. The Kier molecular flexibility index (Phi) is 3.15. The first-order valence-electron chi connectivity index (χ1n) is 5.92. The number of thioether (sulfide) groups is 1. The number of aromatic nitrogens is 2. The molecule has 5 heteroatoms. The molecular formula is C13H13N3OS. The van der Waals surface area contributed by atoms with Crippen molar-refractivity contribution in [3.63, 3.8) is 0 Å². The predicted molar refractivity (Wildman–Crippen MR) is 72.8 cm³/mol. The van der Waals surface area contributed by atoms with Gasteiger partial charge in [0.15, 0.2) is 0 Å². The van der Waals surface area contributed by atoms with Crippen molar-refractivity contribution in [1.29, 1.82) is 0 Å². The number of fused-ring (bicyclic) bond motifs is 1. The van der Waals surface area contributed by atoms with E-state index < -0.39 is 0 Å². The van der Waals surface area contributed by atoms with Gasteiger partial charge in [0.05, 0.1) is 11.0 Å². The summed E-state index contributed by atoms with van der Waals surface area (Å²) in [7, 11) is 0. The highest BCUT2D eigenvalue weighted by Gasteiger charge is 2.18. The topological polar surface area (TPSA) is 46.1 Å². The number of hydrogen-bond acceptors (Lipinski definition) is 4. The van der Waals surface area contributed by atoms with E-state index in [9.17, 15) is 4.79 Å². The quantitative estimate of drug-likeness (QED) is 0.783. The van der Waals surface area contributed by atoms with Gasteiger partial charge in [0, 0.05) is 42.6 Å². The Bertz CT molecular complexity index is 581. The third-order valence-corrected chi connectivity index (χ3v) is 3.96. The minimum atomic E-state index is 0.0999. The van der Waals surface area contributed by atoms with Crippen molar-refractivity contribution in [3.05, 3.63) is 36.2 Å². The maximum Gasteiger partial charge on any atom is 0.253 e. The van der Waals surface area contributed by atoms with Crippen LogP contribution in [-0.2, 0) is 0 Å². The first-order valence-corrected chi connectivity index (χ1v) is 7.08. The fourth-order valence-corrected chi connectivity index (χ4v) is 2.95. The van der Waals surface area contributed by atoms with Gasteiger partial charge in [0.1, 0.15) is 0 Å². The van der Waals surface area contributed by atoms with E-state index in [4.69, 9.17) is 0 Å². The lowest BCUT2D eigenvalue weighted by Crippen LogP contribution is -2.37. The van der Waals surface area contributed by atoms with E-state index in [1.165, 1.54) is 0 Å². The van der Waals surface area contributed by atoms with Crippen LogP contribution in [0.1, 0.15) is 10.4 Å². The molecule has 2 heterocycles. The molecule has 1 amide bonds. The van der Waals surface area contributed by atoms with E-state index in [-0.39, 0.29) is 5.91 Å². The van der Waals surface area contributed by atoms with Gasteiger partial charge in [-0.15, -0.1) is 0 Å². The Balaban J connectivity index is 1.91. The molecule has 1 saturated heterocycles. The number of carbonyl (C=O) groups excluding carboxylic acids is 1. The van der Waals surface area contributed by atoms with Crippen molar-refractivity contribution in [2.24, 2.45) is 0 Å². The largest absolute Gasteiger partial charge is 0.337 e. The van der Waals surface area contributed by atoms with Crippen molar-refractivity contribution in [2.75, 3.05) is 24.6 Å². The molecule has 0 spiro atoms.